The van der Waals surface area contributed by atoms with Crippen molar-refractivity contribution < 1.29 is 19.4 Å². The lowest BCUT2D eigenvalue weighted by Crippen LogP contribution is -2.26. The molecule has 6 nitrogen and oxygen atoms in total. The highest BCUT2D eigenvalue weighted by Gasteiger charge is 2.17. The standard InChI is InChI=1S/C27H30N2O4S2/c1-3-32-24(26(30)31)18-20-10-14-22(15-11-20)33-17-16-19-8-12-21(13-9-19)28-27(34)29-23-6-4-5-7-25(23)35-2/h4-15,24H,3,16-18H2,1-2H3,(H,30,31)(H2,28,29,34)/t24-/m0/s1. The number of hydrogen-bond donors (Lipinski definition) is 3. The Morgan fingerprint density at radius 2 is 1.69 bits per heavy atom. The molecule has 35 heavy (non-hydrogen) atoms. The molecule has 0 aromatic heterocycles. The van der Waals surface area contributed by atoms with Crippen LogP contribution in [0, 0.1) is 0 Å². The van der Waals surface area contributed by atoms with Gasteiger partial charge in [0, 0.05) is 30.0 Å². The van der Waals surface area contributed by atoms with Gasteiger partial charge in [-0.15, -0.1) is 11.8 Å². The molecular weight excluding hydrogens is 480 g/mol. The van der Waals surface area contributed by atoms with Gasteiger partial charge in [-0.25, -0.2) is 4.79 Å². The summed E-state index contributed by atoms with van der Waals surface area (Å²) in [6.07, 6.45) is 2.29. The van der Waals surface area contributed by atoms with E-state index in [0.29, 0.717) is 24.7 Å². The first kappa shape index (κ1) is 26.5. The fourth-order valence-corrected chi connectivity index (χ4v) is 4.21. The van der Waals surface area contributed by atoms with Crippen LogP contribution in [-0.2, 0) is 22.4 Å². The van der Waals surface area contributed by atoms with E-state index in [1.54, 1.807) is 18.7 Å². The minimum Gasteiger partial charge on any atom is -0.493 e. The first-order valence-electron chi connectivity index (χ1n) is 11.3. The zero-order chi connectivity index (χ0) is 25.0. The van der Waals surface area contributed by atoms with Gasteiger partial charge in [0.1, 0.15) is 5.75 Å². The number of anilines is 2. The van der Waals surface area contributed by atoms with Gasteiger partial charge >= 0.3 is 5.97 Å². The molecular formula is C27H30N2O4S2. The number of para-hydroxylation sites is 1. The van der Waals surface area contributed by atoms with Crippen molar-refractivity contribution in [1.82, 2.24) is 0 Å². The van der Waals surface area contributed by atoms with Gasteiger partial charge in [0.05, 0.1) is 12.3 Å². The van der Waals surface area contributed by atoms with Gasteiger partial charge < -0.3 is 25.2 Å². The number of carboxylic acid groups (broad SMARTS) is 1. The molecule has 0 radical (unpaired) electrons. The Balaban J connectivity index is 1.44. The van der Waals surface area contributed by atoms with Gasteiger partial charge in [0.2, 0.25) is 0 Å². The fraction of sp³-hybridized carbons (Fsp3) is 0.259. The Kier molecular flexibility index (Phi) is 10.4. The van der Waals surface area contributed by atoms with E-state index in [1.807, 2.05) is 73.0 Å². The van der Waals surface area contributed by atoms with Gasteiger partial charge in [0.15, 0.2) is 11.2 Å². The largest absolute Gasteiger partial charge is 0.493 e. The van der Waals surface area contributed by atoms with Crippen molar-refractivity contribution in [3.05, 3.63) is 83.9 Å². The van der Waals surface area contributed by atoms with Crippen molar-refractivity contribution in [3.8, 4) is 5.75 Å². The Hall–Kier alpha value is -3.07. The number of benzene rings is 3. The van der Waals surface area contributed by atoms with Crippen molar-refractivity contribution in [1.29, 1.82) is 0 Å². The van der Waals surface area contributed by atoms with Crippen LogP contribution >= 0.6 is 24.0 Å². The maximum Gasteiger partial charge on any atom is 0.333 e. The molecule has 0 bridgehead atoms. The van der Waals surface area contributed by atoms with Crippen molar-refractivity contribution in [2.45, 2.75) is 30.8 Å². The molecule has 0 aliphatic rings. The molecule has 1 atom stereocenters. The average Bonchev–Trinajstić information content (AvgIpc) is 2.86. The molecule has 0 amide bonds. The van der Waals surface area contributed by atoms with Crippen LogP contribution in [0.25, 0.3) is 0 Å². The zero-order valence-corrected chi connectivity index (χ0v) is 21.5. The number of nitrogens with one attached hydrogen (secondary N) is 2. The summed E-state index contributed by atoms with van der Waals surface area (Å²) in [5.41, 5.74) is 3.94. The Morgan fingerprint density at radius 1 is 1.00 bits per heavy atom. The van der Waals surface area contributed by atoms with Gasteiger partial charge in [-0.2, -0.15) is 0 Å². The molecule has 0 heterocycles. The van der Waals surface area contributed by atoms with E-state index in [1.165, 1.54) is 0 Å². The van der Waals surface area contributed by atoms with E-state index in [2.05, 4.69) is 16.7 Å². The summed E-state index contributed by atoms with van der Waals surface area (Å²) in [5.74, 6) is -0.204. The lowest BCUT2D eigenvalue weighted by Gasteiger charge is -2.13. The highest BCUT2D eigenvalue weighted by atomic mass is 32.2. The number of carboxylic acids is 1. The van der Waals surface area contributed by atoms with E-state index in [4.69, 9.17) is 21.7 Å². The molecule has 3 aromatic carbocycles. The molecule has 3 rings (SSSR count). The summed E-state index contributed by atoms with van der Waals surface area (Å²) >= 11 is 7.12. The van der Waals surface area contributed by atoms with Crippen LogP contribution in [0.4, 0.5) is 11.4 Å². The molecule has 0 saturated carbocycles. The maximum absolute atomic E-state index is 11.2. The quantitative estimate of drug-likeness (QED) is 0.206. The number of thiocarbonyl (C=S) groups is 1. The van der Waals surface area contributed by atoms with Crippen LogP contribution < -0.4 is 15.4 Å². The van der Waals surface area contributed by atoms with Gasteiger partial charge in [-0.05, 0) is 72.9 Å². The van der Waals surface area contributed by atoms with Gasteiger partial charge in [-0.3, -0.25) is 0 Å². The first-order chi connectivity index (χ1) is 17.0. The molecule has 0 saturated heterocycles. The van der Waals surface area contributed by atoms with Crippen LogP contribution in [0.3, 0.4) is 0 Å². The van der Waals surface area contributed by atoms with Gasteiger partial charge in [0.25, 0.3) is 0 Å². The van der Waals surface area contributed by atoms with E-state index in [0.717, 1.165) is 39.6 Å². The number of carbonyl (C=O) groups is 1. The molecule has 0 unspecified atom stereocenters. The summed E-state index contributed by atoms with van der Waals surface area (Å²) in [7, 11) is 0. The van der Waals surface area contributed by atoms with Crippen LogP contribution in [0.5, 0.6) is 5.75 Å². The van der Waals surface area contributed by atoms with Crippen LogP contribution in [-0.4, -0.2) is 41.8 Å². The number of thioether (sulfide) groups is 1. The number of ether oxygens (including phenoxy) is 2. The number of aliphatic carboxylic acids is 1. The minimum atomic E-state index is -0.951. The summed E-state index contributed by atoms with van der Waals surface area (Å²) in [4.78, 5) is 12.4. The third-order valence-electron chi connectivity index (χ3n) is 5.21. The van der Waals surface area contributed by atoms with E-state index in [-0.39, 0.29) is 0 Å². The third-order valence-corrected chi connectivity index (χ3v) is 6.21. The highest BCUT2D eigenvalue weighted by Crippen LogP contribution is 2.25. The molecule has 3 aromatic rings. The second kappa shape index (κ2) is 13.7. The summed E-state index contributed by atoms with van der Waals surface area (Å²) in [6, 6.07) is 23.6. The topological polar surface area (TPSA) is 79.8 Å². The van der Waals surface area contributed by atoms with Crippen molar-refractivity contribution in [2.75, 3.05) is 30.1 Å². The lowest BCUT2D eigenvalue weighted by atomic mass is 10.1. The highest BCUT2D eigenvalue weighted by molar-refractivity contribution is 7.98. The third kappa shape index (κ3) is 8.58. The molecule has 184 valence electrons. The SMILES string of the molecule is CCO[C@@H](Cc1ccc(OCCc2ccc(NC(=S)Nc3ccccc3SC)cc2)cc1)C(=O)O. The molecule has 8 heteroatoms. The van der Waals surface area contributed by atoms with E-state index < -0.39 is 12.1 Å². The predicted octanol–water partition coefficient (Wildman–Crippen LogP) is 5.87. The Labute approximate surface area is 216 Å². The Bertz CT molecular complexity index is 1100. The molecule has 0 spiro atoms. The molecule has 3 N–H and O–H groups in total. The van der Waals surface area contributed by atoms with E-state index in [9.17, 15) is 9.90 Å². The molecule has 0 fully saturated rings. The van der Waals surface area contributed by atoms with Crippen molar-refractivity contribution in [2.24, 2.45) is 0 Å². The minimum absolute atomic E-state index is 0.326. The van der Waals surface area contributed by atoms with E-state index >= 15 is 0 Å². The van der Waals surface area contributed by atoms with Crippen LogP contribution in [0.15, 0.2) is 77.7 Å². The van der Waals surface area contributed by atoms with Crippen LogP contribution in [0.2, 0.25) is 0 Å². The van der Waals surface area contributed by atoms with Crippen molar-refractivity contribution in [3.63, 3.8) is 0 Å². The number of rotatable bonds is 12. The summed E-state index contributed by atoms with van der Waals surface area (Å²) < 4.78 is 11.1. The average molecular weight is 511 g/mol. The van der Waals surface area contributed by atoms with Crippen molar-refractivity contribution >= 4 is 46.4 Å². The maximum atomic E-state index is 11.2. The van der Waals surface area contributed by atoms with Gasteiger partial charge in [-0.1, -0.05) is 36.4 Å². The Morgan fingerprint density at radius 3 is 2.34 bits per heavy atom. The summed E-state index contributed by atoms with van der Waals surface area (Å²) in [5, 5.41) is 16.2. The first-order valence-corrected chi connectivity index (χ1v) is 13.0. The zero-order valence-electron chi connectivity index (χ0n) is 19.8. The second-order valence-electron chi connectivity index (χ2n) is 7.71. The molecule has 0 aliphatic carbocycles. The fourth-order valence-electron chi connectivity index (χ4n) is 3.43. The smallest absolute Gasteiger partial charge is 0.333 e. The summed E-state index contributed by atoms with van der Waals surface area (Å²) in [6.45, 7) is 2.69. The lowest BCUT2D eigenvalue weighted by molar-refractivity contribution is -0.149. The number of hydrogen-bond acceptors (Lipinski definition) is 5. The normalized spacial score (nSPS) is 11.5. The monoisotopic (exact) mass is 510 g/mol. The molecule has 0 aliphatic heterocycles. The predicted molar refractivity (Wildman–Crippen MR) is 147 cm³/mol. The second-order valence-corrected chi connectivity index (χ2v) is 8.96. The van der Waals surface area contributed by atoms with Crippen LogP contribution in [0.1, 0.15) is 18.1 Å².